The van der Waals surface area contributed by atoms with Crippen molar-refractivity contribution in [3.05, 3.63) is 66.2 Å². The van der Waals surface area contributed by atoms with Gasteiger partial charge < -0.3 is 14.6 Å². The van der Waals surface area contributed by atoms with E-state index in [1.54, 1.807) is 19.1 Å². The Morgan fingerprint density at radius 3 is 2.75 bits per heavy atom. The van der Waals surface area contributed by atoms with Crippen LogP contribution < -0.4 is 14.9 Å². The number of phenols is 1. The molecule has 1 unspecified atom stereocenters. The Labute approximate surface area is 163 Å². The number of phenolic OH excluding ortho intramolecular Hbond substituents is 1. The van der Waals surface area contributed by atoms with Gasteiger partial charge in [-0.05, 0) is 49.1 Å². The van der Waals surface area contributed by atoms with E-state index < -0.39 is 6.10 Å². The van der Waals surface area contributed by atoms with Gasteiger partial charge in [0.15, 0.2) is 17.6 Å². The molecule has 0 heterocycles. The first-order valence-electron chi connectivity index (χ1n) is 9.01. The number of carbonyl (C=O) groups excluding carboxylic acids is 1. The molecule has 3 aromatic rings. The Balaban J connectivity index is 1.63. The van der Waals surface area contributed by atoms with Crippen LogP contribution in [0.2, 0.25) is 0 Å². The molecule has 0 aliphatic heterocycles. The average molecular weight is 378 g/mol. The molecule has 3 rings (SSSR count). The number of ether oxygens (including phenoxy) is 2. The number of nitrogens with zero attached hydrogens (tertiary/aromatic N) is 1. The first-order valence-corrected chi connectivity index (χ1v) is 9.01. The lowest BCUT2D eigenvalue weighted by Gasteiger charge is -2.14. The number of benzene rings is 3. The minimum Gasteiger partial charge on any atom is -0.504 e. The summed E-state index contributed by atoms with van der Waals surface area (Å²) in [6.07, 6.45) is 0.756. The highest BCUT2D eigenvalue weighted by molar-refractivity contribution is 5.89. The predicted octanol–water partition coefficient (Wildman–Crippen LogP) is 3.86. The monoisotopic (exact) mass is 378 g/mol. The van der Waals surface area contributed by atoms with Crippen LogP contribution in [0, 0.1) is 0 Å². The van der Waals surface area contributed by atoms with Gasteiger partial charge >= 0.3 is 0 Å². The van der Waals surface area contributed by atoms with Crippen molar-refractivity contribution < 1.29 is 19.4 Å². The predicted molar refractivity (Wildman–Crippen MR) is 109 cm³/mol. The minimum absolute atomic E-state index is 0.0557. The summed E-state index contributed by atoms with van der Waals surface area (Å²) in [5.74, 6) is 0.697. The quantitative estimate of drug-likeness (QED) is 0.483. The number of hydrazone groups is 1. The van der Waals surface area contributed by atoms with Crippen LogP contribution in [0.15, 0.2) is 65.8 Å². The maximum Gasteiger partial charge on any atom is 0.280 e. The summed E-state index contributed by atoms with van der Waals surface area (Å²) in [7, 11) is 0. The second kappa shape index (κ2) is 8.90. The number of aromatic hydroxyl groups is 1. The Morgan fingerprint density at radius 1 is 1.14 bits per heavy atom. The third-order valence-electron chi connectivity index (χ3n) is 4.09. The Bertz CT molecular complexity index is 995. The van der Waals surface area contributed by atoms with Gasteiger partial charge in [-0.2, -0.15) is 5.10 Å². The van der Waals surface area contributed by atoms with Crippen molar-refractivity contribution in [3.63, 3.8) is 0 Å². The van der Waals surface area contributed by atoms with Gasteiger partial charge in [0, 0.05) is 5.39 Å². The van der Waals surface area contributed by atoms with Crippen LogP contribution in [0.1, 0.15) is 19.4 Å². The molecule has 0 spiro atoms. The van der Waals surface area contributed by atoms with Crippen molar-refractivity contribution in [3.8, 4) is 17.2 Å². The van der Waals surface area contributed by atoms with Crippen LogP contribution >= 0.6 is 0 Å². The fraction of sp³-hybridized carbons (Fsp3) is 0.182. The molecule has 0 saturated heterocycles. The summed E-state index contributed by atoms with van der Waals surface area (Å²) in [5.41, 5.74) is 3.15. The minimum atomic E-state index is -0.721. The second-order valence-corrected chi connectivity index (χ2v) is 6.13. The lowest BCUT2D eigenvalue weighted by Crippen LogP contribution is -2.33. The number of amides is 1. The van der Waals surface area contributed by atoms with Crippen molar-refractivity contribution in [2.24, 2.45) is 5.10 Å². The molecule has 0 bridgehead atoms. The molecule has 0 aliphatic rings. The van der Waals surface area contributed by atoms with Crippen LogP contribution in [0.25, 0.3) is 10.8 Å². The molecule has 0 radical (unpaired) electrons. The highest BCUT2D eigenvalue weighted by Gasteiger charge is 2.15. The molecule has 2 N–H and O–H groups in total. The molecule has 6 heteroatoms. The van der Waals surface area contributed by atoms with Crippen LogP contribution in [0.5, 0.6) is 17.2 Å². The molecule has 0 fully saturated rings. The highest BCUT2D eigenvalue weighted by atomic mass is 16.5. The van der Waals surface area contributed by atoms with Gasteiger partial charge in [-0.1, -0.05) is 36.4 Å². The van der Waals surface area contributed by atoms with Crippen LogP contribution in [0.3, 0.4) is 0 Å². The van der Waals surface area contributed by atoms with E-state index in [0.29, 0.717) is 23.7 Å². The summed E-state index contributed by atoms with van der Waals surface area (Å²) in [6.45, 7) is 3.94. The molecule has 1 amide bonds. The van der Waals surface area contributed by atoms with Crippen molar-refractivity contribution in [2.45, 2.75) is 20.0 Å². The van der Waals surface area contributed by atoms with Crippen molar-refractivity contribution in [2.75, 3.05) is 6.61 Å². The number of hydrogen-bond acceptors (Lipinski definition) is 5. The molecule has 3 aromatic carbocycles. The molecule has 28 heavy (non-hydrogen) atoms. The molecular formula is C22H22N2O4. The van der Waals surface area contributed by atoms with Gasteiger partial charge in [0.25, 0.3) is 5.91 Å². The Hall–Kier alpha value is -3.54. The van der Waals surface area contributed by atoms with E-state index in [4.69, 9.17) is 9.47 Å². The molecule has 144 valence electrons. The first-order chi connectivity index (χ1) is 13.6. The van der Waals surface area contributed by atoms with E-state index in [2.05, 4.69) is 10.5 Å². The number of nitrogens with one attached hydrogen (secondary N) is 1. The fourth-order valence-corrected chi connectivity index (χ4v) is 2.69. The van der Waals surface area contributed by atoms with Gasteiger partial charge in [-0.15, -0.1) is 0 Å². The molecule has 6 nitrogen and oxygen atoms in total. The summed E-state index contributed by atoms with van der Waals surface area (Å²) in [5, 5.41) is 15.7. The zero-order valence-electron chi connectivity index (χ0n) is 15.8. The number of fused-ring (bicyclic) bond motifs is 1. The summed E-state index contributed by atoms with van der Waals surface area (Å²) < 4.78 is 11.1. The molecule has 0 aromatic heterocycles. The van der Waals surface area contributed by atoms with E-state index in [9.17, 15) is 9.90 Å². The summed E-state index contributed by atoms with van der Waals surface area (Å²) in [6, 6.07) is 18.4. The van der Waals surface area contributed by atoms with Gasteiger partial charge in [0.05, 0.1) is 12.8 Å². The van der Waals surface area contributed by atoms with Gasteiger partial charge in [-0.25, -0.2) is 5.43 Å². The highest BCUT2D eigenvalue weighted by Crippen LogP contribution is 2.27. The summed E-state index contributed by atoms with van der Waals surface area (Å²) in [4.78, 5) is 12.3. The molecule has 0 aliphatic carbocycles. The molecular weight excluding hydrogens is 356 g/mol. The van der Waals surface area contributed by atoms with Crippen LogP contribution in [-0.4, -0.2) is 29.9 Å². The average Bonchev–Trinajstić information content (AvgIpc) is 2.70. The smallest absolute Gasteiger partial charge is 0.280 e. The van der Waals surface area contributed by atoms with Crippen molar-refractivity contribution in [1.29, 1.82) is 0 Å². The standard InChI is InChI=1S/C22H22N2O4/c1-3-27-21-13-16(11-12-19(21)25)14-23-24-22(26)15(2)28-20-10-6-8-17-7-4-5-9-18(17)20/h4-15,25H,3H2,1-2H3,(H,24,26). The van der Waals surface area contributed by atoms with Crippen molar-refractivity contribution >= 4 is 22.9 Å². The lowest BCUT2D eigenvalue weighted by molar-refractivity contribution is -0.127. The van der Waals surface area contributed by atoms with E-state index in [1.165, 1.54) is 12.3 Å². The van der Waals surface area contributed by atoms with Crippen LogP contribution in [0.4, 0.5) is 0 Å². The fourth-order valence-electron chi connectivity index (χ4n) is 2.69. The zero-order chi connectivity index (χ0) is 19.9. The number of hydrogen-bond donors (Lipinski definition) is 2. The maximum atomic E-state index is 12.3. The topological polar surface area (TPSA) is 80.2 Å². The number of rotatable bonds is 7. The molecule has 0 saturated carbocycles. The van der Waals surface area contributed by atoms with Gasteiger partial charge in [0.2, 0.25) is 0 Å². The van der Waals surface area contributed by atoms with Crippen molar-refractivity contribution in [1.82, 2.24) is 5.43 Å². The Kier molecular flexibility index (Phi) is 6.11. The second-order valence-electron chi connectivity index (χ2n) is 6.13. The Morgan fingerprint density at radius 2 is 1.93 bits per heavy atom. The SMILES string of the molecule is CCOc1cc(C=NNC(=O)C(C)Oc2cccc3ccccc23)ccc1O. The normalized spacial score (nSPS) is 12.1. The maximum absolute atomic E-state index is 12.3. The third kappa shape index (κ3) is 4.59. The van der Waals surface area contributed by atoms with E-state index >= 15 is 0 Å². The molecule has 1 atom stereocenters. The van der Waals surface area contributed by atoms with Gasteiger partial charge in [0.1, 0.15) is 5.75 Å². The largest absolute Gasteiger partial charge is 0.504 e. The van der Waals surface area contributed by atoms with Gasteiger partial charge in [-0.3, -0.25) is 4.79 Å². The zero-order valence-corrected chi connectivity index (χ0v) is 15.8. The lowest BCUT2D eigenvalue weighted by atomic mass is 10.1. The summed E-state index contributed by atoms with van der Waals surface area (Å²) >= 11 is 0. The number of carbonyl (C=O) groups is 1. The van der Waals surface area contributed by atoms with E-state index in [-0.39, 0.29) is 11.7 Å². The van der Waals surface area contributed by atoms with E-state index in [0.717, 1.165) is 10.8 Å². The third-order valence-corrected chi connectivity index (χ3v) is 4.09. The van der Waals surface area contributed by atoms with E-state index in [1.807, 2.05) is 49.4 Å². The van der Waals surface area contributed by atoms with Crippen LogP contribution in [-0.2, 0) is 4.79 Å². The first kappa shape index (κ1) is 19.2.